The zero-order valence-corrected chi connectivity index (χ0v) is 16.6. The highest BCUT2D eigenvalue weighted by Crippen LogP contribution is 2.27. The number of fused-ring (bicyclic) bond motifs is 1. The predicted octanol–water partition coefficient (Wildman–Crippen LogP) is 4.62. The van der Waals surface area contributed by atoms with Gasteiger partial charge in [0.2, 0.25) is 0 Å². The van der Waals surface area contributed by atoms with Gasteiger partial charge in [-0.15, -0.1) is 0 Å². The maximum Gasteiger partial charge on any atom is 0.339 e. The lowest BCUT2D eigenvalue weighted by molar-refractivity contribution is 0.0692. The van der Waals surface area contributed by atoms with Gasteiger partial charge in [-0.05, 0) is 61.4 Å². The monoisotopic (exact) mass is 390 g/mol. The Morgan fingerprint density at radius 2 is 1.86 bits per heavy atom. The van der Waals surface area contributed by atoms with E-state index in [1.807, 2.05) is 36.4 Å². The first-order valence-electron chi connectivity index (χ1n) is 10.0. The first kappa shape index (κ1) is 19.3. The Morgan fingerprint density at radius 3 is 2.66 bits per heavy atom. The van der Waals surface area contributed by atoms with Crippen LogP contribution in [0.25, 0.3) is 10.8 Å². The number of likely N-dealkylation sites (tertiary alicyclic amines) is 1. The summed E-state index contributed by atoms with van der Waals surface area (Å²) in [6.45, 7) is 2.45. The highest BCUT2D eigenvalue weighted by molar-refractivity contribution is 5.91. The molecule has 0 atom stereocenters. The quantitative estimate of drug-likeness (QED) is 0.643. The molecule has 29 heavy (non-hydrogen) atoms. The summed E-state index contributed by atoms with van der Waals surface area (Å²) in [5, 5.41) is 15.4. The Hall–Kier alpha value is -3.05. The van der Waals surface area contributed by atoms with Crippen LogP contribution in [0.5, 0.6) is 5.75 Å². The lowest BCUT2D eigenvalue weighted by Crippen LogP contribution is -2.36. The van der Waals surface area contributed by atoms with Crippen LogP contribution in [0.15, 0.2) is 60.7 Å². The minimum absolute atomic E-state index is 0.180. The standard InChI is InChI=1S/C24H26N2O3/c1-26-13-11-19(12-14-26)25-20-9-10-22(24(27)28)23(15-20)29-16-18-7-4-6-17-5-2-3-8-21(17)18/h2-10,15,19,25H,11-14,16H2,1H3,(H,27,28). The van der Waals surface area contributed by atoms with Gasteiger partial charge in [0, 0.05) is 17.8 Å². The Bertz CT molecular complexity index is 1000. The molecule has 0 amide bonds. The van der Waals surface area contributed by atoms with Crippen molar-refractivity contribution in [1.82, 2.24) is 4.90 Å². The number of carbonyl (C=O) groups is 1. The van der Waals surface area contributed by atoms with Crippen LogP contribution < -0.4 is 10.1 Å². The lowest BCUT2D eigenvalue weighted by atomic mass is 10.0. The number of piperidine rings is 1. The summed E-state index contributed by atoms with van der Waals surface area (Å²) in [5.74, 6) is -0.591. The molecule has 1 aliphatic rings. The number of benzene rings is 3. The molecule has 3 aromatic carbocycles. The van der Waals surface area contributed by atoms with E-state index in [1.165, 1.54) is 0 Å². The fraction of sp³-hybridized carbons (Fsp3) is 0.292. The molecule has 1 fully saturated rings. The van der Waals surface area contributed by atoms with E-state index >= 15 is 0 Å². The van der Waals surface area contributed by atoms with Gasteiger partial charge in [0.05, 0.1) is 0 Å². The number of hydrogen-bond acceptors (Lipinski definition) is 4. The van der Waals surface area contributed by atoms with Crippen molar-refractivity contribution in [3.63, 3.8) is 0 Å². The van der Waals surface area contributed by atoms with Gasteiger partial charge in [-0.3, -0.25) is 0 Å². The normalized spacial score (nSPS) is 15.3. The minimum atomic E-state index is -0.983. The zero-order chi connectivity index (χ0) is 20.2. The van der Waals surface area contributed by atoms with Crippen LogP contribution in [0, 0.1) is 0 Å². The third-order valence-electron chi connectivity index (χ3n) is 5.56. The van der Waals surface area contributed by atoms with Gasteiger partial charge < -0.3 is 20.1 Å². The number of anilines is 1. The maximum absolute atomic E-state index is 11.7. The number of rotatable bonds is 6. The molecular weight excluding hydrogens is 364 g/mol. The summed E-state index contributed by atoms with van der Waals surface area (Å²) in [5.41, 5.74) is 2.12. The van der Waals surface area contributed by atoms with Gasteiger partial charge in [-0.1, -0.05) is 42.5 Å². The van der Waals surface area contributed by atoms with Crippen LogP contribution in [0.1, 0.15) is 28.8 Å². The number of carboxylic acids is 1. The van der Waals surface area contributed by atoms with E-state index in [0.29, 0.717) is 18.4 Å². The molecule has 0 radical (unpaired) electrons. The summed E-state index contributed by atoms with van der Waals surface area (Å²) in [7, 11) is 2.14. The molecular formula is C24H26N2O3. The number of hydrogen-bond donors (Lipinski definition) is 2. The summed E-state index contributed by atoms with van der Waals surface area (Å²) >= 11 is 0. The topological polar surface area (TPSA) is 61.8 Å². The lowest BCUT2D eigenvalue weighted by Gasteiger charge is -2.30. The molecule has 1 saturated heterocycles. The molecule has 1 heterocycles. The average molecular weight is 390 g/mol. The van der Waals surface area contributed by atoms with Crippen LogP contribution in [-0.4, -0.2) is 42.2 Å². The van der Waals surface area contributed by atoms with Gasteiger partial charge in [0.1, 0.15) is 17.9 Å². The van der Waals surface area contributed by atoms with Crippen molar-refractivity contribution in [2.45, 2.75) is 25.5 Å². The fourth-order valence-corrected chi connectivity index (χ4v) is 3.87. The van der Waals surface area contributed by atoms with Gasteiger partial charge in [-0.25, -0.2) is 4.79 Å². The van der Waals surface area contributed by atoms with E-state index < -0.39 is 5.97 Å². The van der Waals surface area contributed by atoms with E-state index in [1.54, 1.807) is 6.07 Å². The zero-order valence-electron chi connectivity index (χ0n) is 16.6. The number of aromatic carboxylic acids is 1. The van der Waals surface area contributed by atoms with Crippen molar-refractivity contribution < 1.29 is 14.6 Å². The molecule has 5 heteroatoms. The Balaban J connectivity index is 1.54. The molecule has 150 valence electrons. The first-order valence-corrected chi connectivity index (χ1v) is 10.0. The van der Waals surface area contributed by atoms with Gasteiger partial charge in [-0.2, -0.15) is 0 Å². The molecule has 5 nitrogen and oxygen atoms in total. The van der Waals surface area contributed by atoms with Crippen molar-refractivity contribution in [2.24, 2.45) is 0 Å². The van der Waals surface area contributed by atoms with Crippen molar-refractivity contribution in [1.29, 1.82) is 0 Å². The summed E-state index contributed by atoms with van der Waals surface area (Å²) in [6, 6.07) is 19.9. The Morgan fingerprint density at radius 1 is 1.10 bits per heavy atom. The number of ether oxygens (including phenoxy) is 1. The molecule has 0 saturated carbocycles. The fourth-order valence-electron chi connectivity index (χ4n) is 3.87. The van der Waals surface area contributed by atoms with E-state index in [0.717, 1.165) is 48.0 Å². The molecule has 0 bridgehead atoms. The largest absolute Gasteiger partial charge is 0.488 e. The maximum atomic E-state index is 11.7. The predicted molar refractivity (Wildman–Crippen MR) is 116 cm³/mol. The SMILES string of the molecule is CN1CCC(Nc2ccc(C(=O)O)c(OCc3cccc4ccccc34)c2)CC1. The molecule has 0 spiro atoms. The smallest absolute Gasteiger partial charge is 0.339 e. The molecule has 3 aromatic rings. The second-order valence-electron chi connectivity index (χ2n) is 7.66. The molecule has 2 N–H and O–H groups in total. The van der Waals surface area contributed by atoms with Gasteiger partial charge in [0.25, 0.3) is 0 Å². The molecule has 0 unspecified atom stereocenters. The van der Waals surface area contributed by atoms with Crippen LogP contribution in [-0.2, 0) is 6.61 Å². The summed E-state index contributed by atoms with van der Waals surface area (Å²) < 4.78 is 6.01. The molecule has 4 rings (SSSR count). The average Bonchev–Trinajstić information content (AvgIpc) is 2.74. The summed E-state index contributed by atoms with van der Waals surface area (Å²) in [6.07, 6.45) is 2.15. The van der Waals surface area contributed by atoms with E-state index in [9.17, 15) is 9.90 Å². The molecule has 0 aromatic heterocycles. The third-order valence-corrected chi connectivity index (χ3v) is 5.56. The molecule has 1 aliphatic heterocycles. The van der Waals surface area contributed by atoms with Crippen LogP contribution in [0.2, 0.25) is 0 Å². The Labute approximate surface area is 170 Å². The number of nitrogens with zero attached hydrogens (tertiary/aromatic N) is 1. The number of carboxylic acid groups (broad SMARTS) is 1. The molecule has 0 aliphatic carbocycles. The minimum Gasteiger partial charge on any atom is -0.488 e. The van der Waals surface area contributed by atoms with E-state index in [2.05, 4.69) is 35.5 Å². The van der Waals surface area contributed by atoms with Crippen molar-refractivity contribution in [2.75, 3.05) is 25.5 Å². The second-order valence-corrected chi connectivity index (χ2v) is 7.66. The van der Waals surface area contributed by atoms with Crippen molar-refractivity contribution >= 4 is 22.4 Å². The van der Waals surface area contributed by atoms with E-state index in [-0.39, 0.29) is 5.56 Å². The van der Waals surface area contributed by atoms with Gasteiger partial charge >= 0.3 is 5.97 Å². The summed E-state index contributed by atoms with van der Waals surface area (Å²) in [4.78, 5) is 14.0. The van der Waals surface area contributed by atoms with Crippen molar-refractivity contribution in [3.05, 3.63) is 71.8 Å². The van der Waals surface area contributed by atoms with E-state index in [4.69, 9.17) is 4.74 Å². The van der Waals surface area contributed by atoms with Crippen LogP contribution in [0.3, 0.4) is 0 Å². The number of nitrogens with one attached hydrogen (secondary N) is 1. The first-order chi connectivity index (χ1) is 14.1. The van der Waals surface area contributed by atoms with Crippen LogP contribution in [0.4, 0.5) is 5.69 Å². The second kappa shape index (κ2) is 8.53. The highest BCUT2D eigenvalue weighted by atomic mass is 16.5. The van der Waals surface area contributed by atoms with Gasteiger partial charge in [0.15, 0.2) is 0 Å². The highest BCUT2D eigenvalue weighted by Gasteiger charge is 2.18. The van der Waals surface area contributed by atoms with Crippen LogP contribution >= 0.6 is 0 Å². The van der Waals surface area contributed by atoms with Crippen molar-refractivity contribution in [3.8, 4) is 5.75 Å². The third kappa shape index (κ3) is 4.51. The Kier molecular flexibility index (Phi) is 5.67.